The van der Waals surface area contributed by atoms with Gasteiger partial charge in [0.15, 0.2) is 9.84 Å². The molecule has 0 aromatic carbocycles. The Bertz CT molecular complexity index is 900. The molecule has 1 unspecified atom stereocenters. The van der Waals surface area contributed by atoms with Crippen LogP contribution in [0, 0.1) is 0 Å². The first-order chi connectivity index (χ1) is 12.3. The van der Waals surface area contributed by atoms with E-state index in [-0.39, 0.29) is 4.24 Å². The second-order valence-electron chi connectivity index (χ2n) is 5.54. The minimum atomic E-state index is -3.87. The Morgan fingerprint density at radius 2 is 1.85 bits per heavy atom. The summed E-state index contributed by atoms with van der Waals surface area (Å²) in [7, 11) is -7.26. The van der Waals surface area contributed by atoms with Gasteiger partial charge in [-0.05, 0) is 19.9 Å². The van der Waals surface area contributed by atoms with Crippen LogP contribution in [0.4, 0.5) is 0 Å². The largest absolute Gasteiger partial charge is 0.478 e. The maximum Gasteiger partial charge on any atom is 0.328 e. The molecule has 152 valence electrons. The van der Waals surface area contributed by atoms with Gasteiger partial charge in [-0.3, -0.25) is 0 Å². The lowest BCUT2D eigenvalue weighted by Crippen LogP contribution is -2.36. The van der Waals surface area contributed by atoms with Crippen molar-refractivity contribution >= 4 is 43.6 Å². The number of nitrogens with two attached hydrogens (primary N) is 1. The number of allylic oxidation sites excluding steroid dienone is 2. The van der Waals surface area contributed by atoms with Crippen molar-refractivity contribution in [1.29, 1.82) is 0 Å². The molecule has 2 aliphatic rings. The van der Waals surface area contributed by atoms with Crippen molar-refractivity contribution in [3.05, 3.63) is 33.7 Å². The fourth-order valence-corrected chi connectivity index (χ4v) is 7.13. The van der Waals surface area contributed by atoms with Gasteiger partial charge in [-0.15, -0.1) is 0 Å². The molecule has 27 heavy (non-hydrogen) atoms. The van der Waals surface area contributed by atoms with E-state index in [1.54, 1.807) is 6.92 Å². The summed E-state index contributed by atoms with van der Waals surface area (Å²) in [5.74, 6) is -2.51. The van der Waals surface area contributed by atoms with E-state index in [4.69, 9.17) is 15.4 Å². The van der Waals surface area contributed by atoms with E-state index >= 15 is 0 Å². The second-order valence-corrected chi connectivity index (χ2v) is 11.2. The first kappa shape index (κ1) is 23.2. The molecule has 2 atom stereocenters. The summed E-state index contributed by atoms with van der Waals surface area (Å²) in [6.45, 7) is 4.20. The summed E-state index contributed by atoms with van der Waals surface area (Å²) < 4.78 is 46.4. The lowest BCUT2D eigenvalue weighted by molar-refractivity contribution is -0.134. The highest BCUT2D eigenvalue weighted by Crippen LogP contribution is 2.46. The Kier molecular flexibility index (Phi) is 7.66. The molecule has 13 heteroatoms. The third-order valence-electron chi connectivity index (χ3n) is 3.49. The number of carbonyl (C=O) groups is 2. The first-order valence-corrected chi connectivity index (χ1v) is 11.6. The van der Waals surface area contributed by atoms with E-state index in [0.717, 1.165) is 17.5 Å². The topological polar surface area (TPSA) is 181 Å². The van der Waals surface area contributed by atoms with Gasteiger partial charge >= 0.3 is 11.9 Å². The molecule has 0 aromatic heterocycles. The van der Waals surface area contributed by atoms with Crippen LogP contribution in [0.1, 0.15) is 20.3 Å². The fraction of sp³-hybridized carbons (Fsp3) is 0.429. The zero-order chi connectivity index (χ0) is 21.0. The number of hydrogen-bond donors (Lipinski definition) is 4. The molecule has 0 fully saturated rings. The number of thioether (sulfide) groups is 1. The molecule has 10 nitrogen and oxygen atoms in total. The Morgan fingerprint density at radius 1 is 1.33 bits per heavy atom. The van der Waals surface area contributed by atoms with E-state index in [0.29, 0.717) is 30.7 Å². The molecule has 0 spiro atoms. The average molecular weight is 441 g/mol. The molecule has 0 saturated heterocycles. The Labute approximate surface area is 161 Å². The minimum absolute atomic E-state index is 0.0828. The minimum Gasteiger partial charge on any atom is -0.478 e. The maximum atomic E-state index is 12.3. The molecule has 0 aliphatic carbocycles. The summed E-state index contributed by atoms with van der Waals surface area (Å²) >= 11 is 0.804. The molecule has 0 amide bonds. The highest BCUT2D eigenvalue weighted by atomic mass is 32.3. The van der Waals surface area contributed by atoms with Crippen molar-refractivity contribution in [3.8, 4) is 0 Å². The Hall–Kier alpha value is -1.83. The summed E-state index contributed by atoms with van der Waals surface area (Å²) in [6, 6.07) is 0. The fourth-order valence-electron chi connectivity index (χ4n) is 2.28. The molecule has 0 aromatic rings. The lowest BCUT2D eigenvalue weighted by atomic mass is 10.1. The third-order valence-corrected chi connectivity index (χ3v) is 9.20. The summed E-state index contributed by atoms with van der Waals surface area (Å²) in [5.41, 5.74) is 1.31. The van der Waals surface area contributed by atoms with Gasteiger partial charge in [-0.2, -0.15) is 0 Å². The molecule has 0 saturated carbocycles. The summed E-state index contributed by atoms with van der Waals surface area (Å²) in [4.78, 5) is 19.1. The van der Waals surface area contributed by atoms with Gasteiger partial charge in [0.05, 0.1) is 5.25 Å². The van der Waals surface area contributed by atoms with Crippen LogP contribution in [-0.2, 0) is 29.4 Å². The smallest absolute Gasteiger partial charge is 0.328 e. The Balaban J connectivity index is 0.000000387. The van der Waals surface area contributed by atoms with Crippen LogP contribution < -0.4 is 10.5 Å². The van der Waals surface area contributed by atoms with Crippen LogP contribution >= 0.6 is 11.8 Å². The number of aliphatic carboxylic acids is 2. The number of primary sulfonamides is 1. The monoisotopic (exact) mass is 440 g/mol. The predicted molar refractivity (Wildman–Crippen MR) is 101 cm³/mol. The van der Waals surface area contributed by atoms with Crippen LogP contribution in [0.25, 0.3) is 0 Å². The number of fused-ring (bicyclic) bond motifs is 1. The number of hydrogen-bond acceptors (Lipinski definition) is 8. The van der Waals surface area contributed by atoms with Gasteiger partial charge in [-0.25, -0.2) is 31.6 Å². The molecule has 2 rings (SSSR count). The summed E-state index contributed by atoms with van der Waals surface area (Å²) in [5, 5.41) is 23.3. The molecular weight excluding hydrogens is 420 g/mol. The zero-order valence-electron chi connectivity index (χ0n) is 14.4. The van der Waals surface area contributed by atoms with Crippen molar-refractivity contribution in [3.63, 3.8) is 0 Å². The average Bonchev–Trinajstić information content (AvgIpc) is 2.98. The van der Waals surface area contributed by atoms with E-state index in [1.165, 1.54) is 6.08 Å². The van der Waals surface area contributed by atoms with Gasteiger partial charge in [0.2, 0.25) is 10.0 Å². The number of sulfone groups is 1. The van der Waals surface area contributed by atoms with E-state index < -0.39 is 41.6 Å². The number of carboxylic acid groups (broad SMARTS) is 2. The van der Waals surface area contributed by atoms with Crippen LogP contribution in [0.5, 0.6) is 0 Å². The van der Waals surface area contributed by atoms with Crippen LogP contribution in [0.3, 0.4) is 0 Å². The number of carboxylic acids is 2. The van der Waals surface area contributed by atoms with Gasteiger partial charge in [-0.1, -0.05) is 11.8 Å². The van der Waals surface area contributed by atoms with Crippen LogP contribution in [0.15, 0.2) is 33.7 Å². The van der Waals surface area contributed by atoms with Crippen molar-refractivity contribution in [2.24, 2.45) is 5.14 Å². The zero-order valence-corrected chi connectivity index (χ0v) is 16.9. The molecule has 0 bridgehead atoms. The molecule has 0 radical (unpaired) electrons. The van der Waals surface area contributed by atoms with Gasteiger partial charge in [0.1, 0.15) is 8.82 Å². The van der Waals surface area contributed by atoms with E-state index in [9.17, 15) is 26.4 Å². The van der Waals surface area contributed by atoms with E-state index in [2.05, 4.69) is 5.32 Å². The van der Waals surface area contributed by atoms with Crippen LogP contribution in [-0.4, -0.2) is 55.4 Å². The highest BCUT2D eigenvalue weighted by molar-refractivity contribution is 8.24. The van der Waals surface area contributed by atoms with Crippen molar-refractivity contribution < 1.29 is 36.6 Å². The lowest BCUT2D eigenvalue weighted by Gasteiger charge is -2.28. The first-order valence-electron chi connectivity index (χ1n) is 7.55. The molecule has 2 heterocycles. The van der Waals surface area contributed by atoms with Crippen molar-refractivity contribution in [1.82, 2.24) is 5.32 Å². The quantitative estimate of drug-likeness (QED) is 0.424. The predicted octanol–water partition coefficient (Wildman–Crippen LogP) is -0.0284. The van der Waals surface area contributed by atoms with Crippen molar-refractivity contribution in [2.45, 2.75) is 30.1 Å². The standard InChI is InChI=1S/C10H16N2O4S3.C4H4O4/c1-3-12-8-4-6(2)18(13,14)10-7(8)5-9(17-10)19(11,15)16;5-3(6)1-2-4(7)8/h5-6,10,12H,3-4H2,1-2H3,(H2,11,15,16);1-2H,(H,5,6)(H,7,8)/b;2-1-/t6-,10?;/m0./s1. The van der Waals surface area contributed by atoms with Crippen LogP contribution in [0.2, 0.25) is 0 Å². The SMILES string of the molecule is CCNC1=C2C=C(S(N)(=O)=O)SC2S(=O)(=O)[C@@H](C)C1.O=C(O)/C=C\C(=O)O. The normalized spacial score (nSPS) is 23.9. The third kappa shape index (κ3) is 6.09. The number of rotatable bonds is 5. The molecule has 5 N–H and O–H groups in total. The maximum absolute atomic E-state index is 12.3. The molecule has 2 aliphatic heterocycles. The summed E-state index contributed by atoms with van der Waals surface area (Å²) in [6.07, 6.45) is 2.87. The molecular formula is C14H20N2O8S3. The van der Waals surface area contributed by atoms with E-state index in [1.807, 2.05) is 6.92 Å². The van der Waals surface area contributed by atoms with Gasteiger partial charge < -0.3 is 15.5 Å². The van der Waals surface area contributed by atoms with Gasteiger partial charge in [0, 0.05) is 36.4 Å². The number of nitrogens with one attached hydrogen (secondary N) is 1. The Morgan fingerprint density at radius 3 is 2.26 bits per heavy atom. The van der Waals surface area contributed by atoms with Crippen molar-refractivity contribution in [2.75, 3.05) is 6.54 Å². The highest BCUT2D eigenvalue weighted by Gasteiger charge is 2.45. The second kappa shape index (κ2) is 8.91. The van der Waals surface area contributed by atoms with Gasteiger partial charge in [0.25, 0.3) is 0 Å². The number of sulfonamides is 1.